The molecule has 7 nitrogen and oxygen atoms in total. The number of hydrogen-bond acceptors (Lipinski definition) is 4. The Morgan fingerprint density at radius 1 is 1.10 bits per heavy atom. The molecule has 1 aliphatic heterocycles. The number of nitrogens with one attached hydrogen (secondary N) is 1. The molecule has 0 fully saturated rings. The molecule has 2 aromatic carbocycles. The molecular weight excluding hydrogens is 394 g/mol. The minimum absolute atomic E-state index is 0.0201. The number of hydrogen-bond donors (Lipinski definition) is 1. The standard InChI is InChI=1S/C24H25N3O4/c1-26(2)24(29)25-19-9-7-16(8-10-19)22-14-18-15-27(12-11-21(18)31-22)23(28)17-5-4-6-20(13-17)30-3/h4-10,13-14H,11-12,15H2,1-3H3,(H,25,29). The number of rotatable bonds is 4. The predicted octanol–water partition coefficient (Wildman–Crippen LogP) is 4.25. The first-order chi connectivity index (χ1) is 14.9. The van der Waals surface area contributed by atoms with Gasteiger partial charge in [-0.2, -0.15) is 0 Å². The summed E-state index contributed by atoms with van der Waals surface area (Å²) in [6, 6.07) is 16.5. The van der Waals surface area contributed by atoms with Gasteiger partial charge in [-0.3, -0.25) is 4.79 Å². The summed E-state index contributed by atoms with van der Waals surface area (Å²) in [5.41, 5.74) is 3.26. The van der Waals surface area contributed by atoms with Gasteiger partial charge in [-0.1, -0.05) is 6.07 Å². The normalized spacial score (nSPS) is 12.8. The molecule has 4 rings (SSSR count). The van der Waals surface area contributed by atoms with Gasteiger partial charge in [0.1, 0.15) is 17.3 Å². The average Bonchev–Trinajstić information content (AvgIpc) is 3.22. The third kappa shape index (κ3) is 4.40. The zero-order valence-corrected chi connectivity index (χ0v) is 17.8. The van der Waals surface area contributed by atoms with Crippen LogP contribution in [0.2, 0.25) is 0 Å². The Hall–Kier alpha value is -3.74. The topological polar surface area (TPSA) is 75.0 Å². The summed E-state index contributed by atoms with van der Waals surface area (Å²) in [6.45, 7) is 1.11. The fourth-order valence-electron chi connectivity index (χ4n) is 3.54. The van der Waals surface area contributed by atoms with E-state index in [1.54, 1.807) is 33.3 Å². The summed E-state index contributed by atoms with van der Waals surface area (Å²) in [7, 11) is 4.98. The second kappa shape index (κ2) is 8.55. The van der Waals surface area contributed by atoms with Crippen LogP contribution in [0.3, 0.4) is 0 Å². The SMILES string of the molecule is COc1cccc(C(=O)N2CCc3oc(-c4ccc(NC(=O)N(C)C)cc4)cc3C2)c1. The van der Waals surface area contributed by atoms with Crippen LogP contribution in [0.5, 0.6) is 5.75 Å². The van der Waals surface area contributed by atoms with Crippen molar-refractivity contribution in [3.63, 3.8) is 0 Å². The Kier molecular flexibility index (Phi) is 5.66. The number of benzene rings is 2. The van der Waals surface area contributed by atoms with Crippen LogP contribution < -0.4 is 10.1 Å². The average molecular weight is 419 g/mol. The first-order valence-corrected chi connectivity index (χ1v) is 10.1. The highest BCUT2D eigenvalue weighted by molar-refractivity contribution is 5.94. The molecule has 160 valence electrons. The number of carbonyl (C=O) groups is 2. The molecule has 1 N–H and O–H groups in total. The lowest BCUT2D eigenvalue weighted by Gasteiger charge is -2.26. The number of methoxy groups -OCH3 is 1. The van der Waals surface area contributed by atoms with E-state index in [2.05, 4.69) is 5.32 Å². The summed E-state index contributed by atoms with van der Waals surface area (Å²) in [4.78, 5) is 28.0. The molecule has 3 aromatic rings. The van der Waals surface area contributed by atoms with Gasteiger partial charge >= 0.3 is 6.03 Å². The van der Waals surface area contributed by atoms with Gasteiger partial charge in [0.05, 0.1) is 7.11 Å². The zero-order chi connectivity index (χ0) is 22.0. The second-order valence-electron chi connectivity index (χ2n) is 7.67. The van der Waals surface area contributed by atoms with Crippen LogP contribution in [0, 0.1) is 0 Å². The van der Waals surface area contributed by atoms with Gasteiger partial charge in [0.2, 0.25) is 0 Å². The summed E-state index contributed by atoms with van der Waals surface area (Å²) < 4.78 is 11.3. The highest BCUT2D eigenvalue weighted by Gasteiger charge is 2.25. The second-order valence-corrected chi connectivity index (χ2v) is 7.67. The molecule has 2 heterocycles. The van der Waals surface area contributed by atoms with Gasteiger partial charge in [0.15, 0.2) is 0 Å². The van der Waals surface area contributed by atoms with Crippen molar-refractivity contribution in [2.45, 2.75) is 13.0 Å². The third-order valence-electron chi connectivity index (χ3n) is 5.30. The predicted molar refractivity (Wildman–Crippen MR) is 118 cm³/mol. The molecule has 31 heavy (non-hydrogen) atoms. The minimum atomic E-state index is -0.179. The van der Waals surface area contributed by atoms with Crippen molar-refractivity contribution in [2.75, 3.05) is 33.1 Å². The zero-order valence-electron chi connectivity index (χ0n) is 17.8. The third-order valence-corrected chi connectivity index (χ3v) is 5.30. The van der Waals surface area contributed by atoms with E-state index in [9.17, 15) is 9.59 Å². The van der Waals surface area contributed by atoms with Crippen molar-refractivity contribution in [1.82, 2.24) is 9.80 Å². The Balaban J connectivity index is 1.48. The van der Waals surface area contributed by atoms with Crippen LogP contribution in [-0.2, 0) is 13.0 Å². The van der Waals surface area contributed by atoms with E-state index in [-0.39, 0.29) is 11.9 Å². The van der Waals surface area contributed by atoms with Crippen molar-refractivity contribution >= 4 is 17.6 Å². The summed E-state index contributed by atoms with van der Waals surface area (Å²) in [5.74, 6) is 2.31. The Morgan fingerprint density at radius 2 is 1.87 bits per heavy atom. The van der Waals surface area contributed by atoms with Crippen molar-refractivity contribution in [1.29, 1.82) is 0 Å². The van der Waals surface area contributed by atoms with Gasteiger partial charge in [0.25, 0.3) is 5.91 Å². The van der Waals surface area contributed by atoms with Crippen LogP contribution in [0.25, 0.3) is 11.3 Å². The lowest BCUT2D eigenvalue weighted by Crippen LogP contribution is -2.35. The first kappa shape index (κ1) is 20.5. The van der Waals surface area contributed by atoms with Gasteiger partial charge in [-0.25, -0.2) is 4.79 Å². The molecule has 0 saturated heterocycles. The minimum Gasteiger partial charge on any atom is -0.497 e. The molecule has 3 amide bonds. The lowest BCUT2D eigenvalue weighted by atomic mass is 10.1. The molecule has 1 aromatic heterocycles. The quantitative estimate of drug-likeness (QED) is 0.686. The van der Waals surface area contributed by atoms with Crippen molar-refractivity contribution in [3.8, 4) is 17.1 Å². The van der Waals surface area contributed by atoms with Crippen molar-refractivity contribution in [2.24, 2.45) is 0 Å². The number of furan rings is 1. The largest absolute Gasteiger partial charge is 0.497 e. The lowest BCUT2D eigenvalue weighted by molar-refractivity contribution is 0.0729. The number of nitrogens with zero attached hydrogens (tertiary/aromatic N) is 2. The molecule has 0 bridgehead atoms. The molecular formula is C24H25N3O4. The molecule has 0 spiro atoms. The molecule has 7 heteroatoms. The molecule has 0 saturated carbocycles. The Bertz CT molecular complexity index is 1100. The van der Waals surface area contributed by atoms with Crippen molar-refractivity contribution in [3.05, 3.63) is 71.5 Å². The van der Waals surface area contributed by atoms with E-state index < -0.39 is 0 Å². The maximum atomic E-state index is 12.9. The molecule has 0 atom stereocenters. The van der Waals surface area contributed by atoms with Crippen LogP contribution in [-0.4, -0.2) is 49.5 Å². The maximum Gasteiger partial charge on any atom is 0.321 e. The smallest absolute Gasteiger partial charge is 0.321 e. The Labute approximate surface area is 181 Å². The van der Waals surface area contributed by atoms with E-state index in [4.69, 9.17) is 9.15 Å². The molecule has 1 aliphatic rings. The number of anilines is 1. The van der Waals surface area contributed by atoms with Crippen LogP contribution >= 0.6 is 0 Å². The van der Waals surface area contributed by atoms with Crippen LogP contribution in [0.15, 0.2) is 59.0 Å². The van der Waals surface area contributed by atoms with Gasteiger partial charge in [-0.05, 0) is 48.5 Å². The maximum absolute atomic E-state index is 12.9. The van der Waals surface area contributed by atoms with Crippen LogP contribution in [0.4, 0.5) is 10.5 Å². The molecule has 0 aliphatic carbocycles. The van der Waals surface area contributed by atoms with E-state index in [0.29, 0.717) is 36.5 Å². The number of fused-ring (bicyclic) bond motifs is 1. The highest BCUT2D eigenvalue weighted by atomic mass is 16.5. The first-order valence-electron chi connectivity index (χ1n) is 10.1. The summed E-state index contributed by atoms with van der Waals surface area (Å²) in [6.07, 6.45) is 0.669. The number of ether oxygens (including phenoxy) is 1. The van der Waals surface area contributed by atoms with Crippen molar-refractivity contribution < 1.29 is 18.7 Å². The monoisotopic (exact) mass is 419 g/mol. The fourth-order valence-corrected chi connectivity index (χ4v) is 3.54. The van der Waals surface area contributed by atoms with E-state index in [0.717, 1.165) is 22.6 Å². The molecule has 0 unspecified atom stereocenters. The van der Waals surface area contributed by atoms with Gasteiger partial charge < -0.3 is 24.3 Å². The molecule has 0 radical (unpaired) electrons. The van der Waals surface area contributed by atoms with Gasteiger partial charge in [-0.15, -0.1) is 0 Å². The highest BCUT2D eigenvalue weighted by Crippen LogP contribution is 2.31. The summed E-state index contributed by atoms with van der Waals surface area (Å²) in [5, 5.41) is 2.81. The summed E-state index contributed by atoms with van der Waals surface area (Å²) >= 11 is 0. The van der Waals surface area contributed by atoms with E-state index in [1.807, 2.05) is 47.4 Å². The van der Waals surface area contributed by atoms with Gasteiger partial charge in [0, 0.05) is 56.0 Å². The Morgan fingerprint density at radius 3 is 2.58 bits per heavy atom. The number of carbonyl (C=O) groups excluding carboxylic acids is 2. The van der Waals surface area contributed by atoms with E-state index >= 15 is 0 Å². The van der Waals surface area contributed by atoms with E-state index in [1.165, 1.54) is 4.90 Å². The van der Waals surface area contributed by atoms with Crippen LogP contribution in [0.1, 0.15) is 21.7 Å². The number of urea groups is 1. The fraction of sp³-hybridized carbons (Fsp3) is 0.250. The number of amides is 3.